The number of hydrogen-bond acceptors (Lipinski definition) is 6. The topological polar surface area (TPSA) is 189 Å². The highest BCUT2D eigenvalue weighted by Crippen LogP contribution is 2.02. The van der Waals surface area contributed by atoms with Crippen LogP contribution in [0.25, 0.3) is 0 Å². The summed E-state index contributed by atoms with van der Waals surface area (Å²) in [6.45, 7) is -0.234. The van der Waals surface area contributed by atoms with Gasteiger partial charge in [-0.2, -0.15) is 0 Å². The second-order valence-electron chi connectivity index (χ2n) is 3.94. The molecule has 110 valence electrons. The summed E-state index contributed by atoms with van der Waals surface area (Å²) in [4.78, 5) is 36.2. The monoisotopic (exact) mass is 284 g/mol. The van der Waals surface area contributed by atoms with E-state index in [4.69, 9.17) is 22.3 Å². The maximum atomic E-state index is 11.7. The predicted octanol–water partition coefficient (Wildman–Crippen LogP) is -2.91. The van der Waals surface area contributed by atoms with Crippen LogP contribution in [0.5, 0.6) is 0 Å². The Morgan fingerprint density at radius 2 is 1.70 bits per heavy atom. The van der Waals surface area contributed by atoms with Crippen LogP contribution in [0.2, 0.25) is 0 Å². The molecule has 0 unspecified atom stereocenters. The van der Waals surface area contributed by atoms with Gasteiger partial charge in [0, 0.05) is 6.54 Å². The van der Waals surface area contributed by atoms with Gasteiger partial charge >= 0.3 is 5.97 Å². The number of carboxylic acids is 1. The minimum atomic E-state index is -1.23. The molecule has 1 aromatic heterocycles. The van der Waals surface area contributed by atoms with Gasteiger partial charge in [-0.1, -0.05) is 0 Å². The molecule has 0 bridgehead atoms. The van der Waals surface area contributed by atoms with Crippen molar-refractivity contribution in [3.63, 3.8) is 0 Å². The van der Waals surface area contributed by atoms with Crippen LogP contribution in [0.4, 0.5) is 0 Å². The van der Waals surface area contributed by atoms with E-state index in [2.05, 4.69) is 15.6 Å². The van der Waals surface area contributed by atoms with Gasteiger partial charge in [0.1, 0.15) is 23.7 Å². The molecule has 0 fully saturated rings. The van der Waals surface area contributed by atoms with Crippen LogP contribution in [0, 0.1) is 0 Å². The fourth-order valence-corrected chi connectivity index (χ4v) is 1.27. The number of aromatic nitrogens is 1. The molecule has 1 atom stereocenters. The third-order valence-electron chi connectivity index (χ3n) is 2.27. The van der Waals surface area contributed by atoms with E-state index in [-0.39, 0.29) is 17.9 Å². The Bertz CT molecular complexity index is 512. The lowest BCUT2D eigenvalue weighted by Gasteiger charge is -2.08. The first-order valence-corrected chi connectivity index (χ1v) is 5.59. The van der Waals surface area contributed by atoms with Crippen LogP contribution < -0.4 is 27.8 Å². The van der Waals surface area contributed by atoms with Gasteiger partial charge in [0.25, 0.3) is 11.8 Å². The second kappa shape index (κ2) is 6.65. The van der Waals surface area contributed by atoms with Gasteiger partial charge in [0.15, 0.2) is 0 Å². The van der Waals surface area contributed by atoms with E-state index in [0.29, 0.717) is 0 Å². The van der Waals surface area contributed by atoms with E-state index >= 15 is 0 Å². The number of aromatic amines is 1. The summed E-state index contributed by atoms with van der Waals surface area (Å²) in [5.74, 6) is -2.38. The van der Waals surface area contributed by atoms with Crippen LogP contribution in [0.15, 0.2) is 12.1 Å². The predicted molar refractivity (Wildman–Crippen MR) is 68.4 cm³/mol. The molecule has 1 aromatic rings. The zero-order valence-electron chi connectivity index (χ0n) is 10.4. The number of aliphatic carboxylic acids is 1. The molecule has 0 spiro atoms. The summed E-state index contributed by atoms with van der Waals surface area (Å²) in [6, 6.07) is 1.52. The smallest absolute Gasteiger partial charge is 0.322 e. The lowest BCUT2D eigenvalue weighted by molar-refractivity contribution is -0.138. The van der Waals surface area contributed by atoms with E-state index in [9.17, 15) is 14.4 Å². The zero-order chi connectivity index (χ0) is 15.3. The molecule has 20 heavy (non-hydrogen) atoms. The van der Waals surface area contributed by atoms with E-state index in [0.717, 1.165) is 0 Å². The van der Waals surface area contributed by atoms with Crippen molar-refractivity contribution in [2.75, 3.05) is 6.54 Å². The van der Waals surface area contributed by atoms with Crippen molar-refractivity contribution in [3.8, 4) is 0 Å². The molecule has 10 nitrogen and oxygen atoms in total. The van der Waals surface area contributed by atoms with Gasteiger partial charge < -0.3 is 26.5 Å². The maximum absolute atomic E-state index is 11.7. The van der Waals surface area contributed by atoms with Crippen molar-refractivity contribution in [2.24, 2.45) is 17.2 Å². The molecule has 2 amide bonds. The Morgan fingerprint density at radius 1 is 1.15 bits per heavy atom. The number of nitrogens with one attached hydrogen (secondary N) is 3. The number of carboxylic acid groups (broad SMARTS) is 1. The number of carbonyl (C=O) groups is 3. The Balaban J connectivity index is 2.60. The van der Waals surface area contributed by atoms with Crippen molar-refractivity contribution in [3.05, 3.63) is 23.5 Å². The number of hydrogen-bond donors (Lipinski definition) is 7. The number of H-pyrrole nitrogens is 1. The zero-order valence-corrected chi connectivity index (χ0v) is 10.4. The van der Waals surface area contributed by atoms with Crippen molar-refractivity contribution in [1.82, 2.24) is 15.6 Å². The summed E-state index contributed by atoms with van der Waals surface area (Å²) >= 11 is 0. The van der Waals surface area contributed by atoms with Crippen molar-refractivity contribution in [2.45, 2.75) is 12.3 Å². The standard InChI is InChI=1S/C10H16N6O4/c11-4(9(19)20)3-14-7(17)5-1-2-6(15-5)8(18)16-10(12)13/h1-2,4,10,15H,3,11-13H2,(H,14,17)(H,16,18)(H,19,20)/t4-/m0/s1. The van der Waals surface area contributed by atoms with Crippen LogP contribution in [-0.2, 0) is 4.79 Å². The first kappa shape index (κ1) is 15.6. The van der Waals surface area contributed by atoms with Gasteiger partial charge in [-0.05, 0) is 12.1 Å². The highest BCUT2D eigenvalue weighted by atomic mass is 16.4. The van der Waals surface area contributed by atoms with Gasteiger partial charge in [0.2, 0.25) is 0 Å². The van der Waals surface area contributed by atoms with Gasteiger partial charge in [0.05, 0.1) is 0 Å². The Kier molecular flexibility index (Phi) is 5.20. The van der Waals surface area contributed by atoms with E-state index in [1.807, 2.05) is 0 Å². The molecule has 10 heteroatoms. The average molecular weight is 284 g/mol. The third-order valence-corrected chi connectivity index (χ3v) is 2.27. The number of nitrogens with two attached hydrogens (primary N) is 3. The Hall–Kier alpha value is -2.43. The van der Waals surface area contributed by atoms with Gasteiger partial charge in [-0.3, -0.25) is 25.9 Å². The molecule has 0 saturated heterocycles. The van der Waals surface area contributed by atoms with Crippen LogP contribution in [-0.4, -0.2) is 46.8 Å². The largest absolute Gasteiger partial charge is 0.480 e. The maximum Gasteiger partial charge on any atom is 0.322 e. The summed E-state index contributed by atoms with van der Waals surface area (Å²) in [5.41, 5.74) is 15.8. The highest BCUT2D eigenvalue weighted by molar-refractivity contribution is 5.97. The summed E-state index contributed by atoms with van der Waals surface area (Å²) < 4.78 is 0. The van der Waals surface area contributed by atoms with E-state index < -0.39 is 30.1 Å². The summed E-state index contributed by atoms with van der Waals surface area (Å²) in [6.07, 6.45) is -1.02. The molecular formula is C10H16N6O4. The molecule has 10 N–H and O–H groups in total. The normalized spacial score (nSPS) is 12.0. The second-order valence-corrected chi connectivity index (χ2v) is 3.94. The molecule has 1 rings (SSSR count). The lowest BCUT2D eigenvalue weighted by atomic mass is 10.3. The number of carbonyl (C=O) groups excluding carboxylic acids is 2. The van der Waals surface area contributed by atoms with Gasteiger partial charge in [-0.15, -0.1) is 0 Å². The van der Waals surface area contributed by atoms with Crippen molar-refractivity contribution >= 4 is 17.8 Å². The molecule has 1 heterocycles. The fourth-order valence-electron chi connectivity index (χ4n) is 1.27. The van der Waals surface area contributed by atoms with Crippen LogP contribution in [0.1, 0.15) is 21.0 Å². The first-order valence-electron chi connectivity index (χ1n) is 5.59. The summed E-state index contributed by atoms with van der Waals surface area (Å²) in [7, 11) is 0. The van der Waals surface area contributed by atoms with Crippen molar-refractivity contribution < 1.29 is 19.5 Å². The molecule has 0 saturated carbocycles. The summed E-state index contributed by atoms with van der Waals surface area (Å²) in [5, 5.41) is 13.1. The molecule has 0 aliphatic carbocycles. The molecule has 0 aromatic carbocycles. The molecule has 0 radical (unpaired) electrons. The van der Waals surface area contributed by atoms with E-state index in [1.54, 1.807) is 0 Å². The van der Waals surface area contributed by atoms with Crippen LogP contribution in [0.3, 0.4) is 0 Å². The van der Waals surface area contributed by atoms with E-state index in [1.165, 1.54) is 12.1 Å². The number of rotatable bonds is 6. The minimum Gasteiger partial charge on any atom is -0.480 e. The average Bonchev–Trinajstić information content (AvgIpc) is 2.84. The third kappa shape index (κ3) is 4.35. The molecular weight excluding hydrogens is 268 g/mol. The Labute approximate surface area is 113 Å². The Morgan fingerprint density at radius 3 is 2.20 bits per heavy atom. The molecule has 0 aliphatic heterocycles. The lowest BCUT2D eigenvalue weighted by Crippen LogP contribution is -2.48. The first-order chi connectivity index (χ1) is 9.31. The highest BCUT2D eigenvalue weighted by Gasteiger charge is 2.16. The number of amides is 2. The van der Waals surface area contributed by atoms with Crippen molar-refractivity contribution in [1.29, 1.82) is 0 Å². The fraction of sp³-hybridized carbons (Fsp3) is 0.300. The van der Waals surface area contributed by atoms with Crippen LogP contribution >= 0.6 is 0 Å². The molecule has 0 aliphatic rings. The minimum absolute atomic E-state index is 0.0818. The SMILES string of the molecule is NC(N)NC(=O)c1ccc(C(=O)NC[C@H](N)C(=O)O)[nH]1. The van der Waals surface area contributed by atoms with Gasteiger partial charge in [-0.25, -0.2) is 0 Å². The quantitative estimate of drug-likeness (QED) is 0.272.